The van der Waals surface area contributed by atoms with Crippen molar-refractivity contribution in [3.05, 3.63) is 27.8 Å². The number of hydrogen-bond donors (Lipinski definition) is 1. The molecule has 1 rings (SSSR count). The molecule has 0 saturated heterocycles. The molecule has 0 fully saturated rings. The van der Waals surface area contributed by atoms with Gasteiger partial charge in [0.25, 0.3) is 0 Å². The van der Waals surface area contributed by atoms with Crippen molar-refractivity contribution in [2.45, 2.75) is 26.2 Å². The van der Waals surface area contributed by atoms with Crippen molar-refractivity contribution in [1.29, 1.82) is 0 Å². The maximum atomic E-state index is 11.2. The summed E-state index contributed by atoms with van der Waals surface area (Å²) in [6.45, 7) is 5.68. The average Bonchev–Trinajstić information content (AvgIpc) is 2.25. The molecule has 0 aliphatic carbocycles. The van der Waals surface area contributed by atoms with Crippen LogP contribution in [-0.4, -0.2) is 18.1 Å². The third-order valence-electron chi connectivity index (χ3n) is 2.50. The molecule has 0 saturated carbocycles. The quantitative estimate of drug-likeness (QED) is 0.669. The van der Waals surface area contributed by atoms with Gasteiger partial charge in [-0.1, -0.05) is 26.8 Å². The Bertz CT molecular complexity index is 520. The molecule has 0 aliphatic heterocycles. The Morgan fingerprint density at radius 3 is 2.32 bits per heavy atom. The Morgan fingerprint density at radius 1 is 1.37 bits per heavy atom. The molecule has 1 aromatic rings. The molecule has 0 heterocycles. The summed E-state index contributed by atoms with van der Waals surface area (Å²) in [6, 6.07) is 2.95. The van der Waals surface area contributed by atoms with Crippen molar-refractivity contribution in [3.8, 4) is 11.5 Å². The number of nitrogens with two attached hydrogens (primary N) is 1. The highest BCUT2D eigenvalue weighted by Crippen LogP contribution is 2.43. The van der Waals surface area contributed by atoms with E-state index < -0.39 is 16.7 Å². The molecule has 1 amide bonds. The highest BCUT2D eigenvalue weighted by Gasteiger charge is 2.31. The van der Waals surface area contributed by atoms with Crippen molar-refractivity contribution in [2.24, 2.45) is 5.73 Å². The topological polar surface area (TPSA) is 105 Å². The van der Waals surface area contributed by atoms with E-state index >= 15 is 0 Å². The molecule has 7 nitrogen and oxygen atoms in total. The number of carbonyl (C=O) groups excluding carboxylic acids is 1. The van der Waals surface area contributed by atoms with Gasteiger partial charge in [0.1, 0.15) is 0 Å². The normalized spacial score (nSPS) is 10.9. The van der Waals surface area contributed by atoms with Crippen LogP contribution in [0, 0.1) is 10.1 Å². The fraction of sp³-hybridized carbons (Fsp3) is 0.417. The van der Waals surface area contributed by atoms with Gasteiger partial charge in [-0.15, -0.1) is 0 Å². The summed E-state index contributed by atoms with van der Waals surface area (Å²) < 4.78 is 9.75. The lowest BCUT2D eigenvalue weighted by Gasteiger charge is -2.22. The van der Waals surface area contributed by atoms with Crippen LogP contribution in [0.3, 0.4) is 0 Å². The third-order valence-corrected chi connectivity index (χ3v) is 2.50. The lowest BCUT2D eigenvalue weighted by atomic mass is 9.86. The Balaban J connectivity index is 3.56. The number of nitro groups is 1. The molecular weight excluding hydrogens is 252 g/mol. The second-order valence-electron chi connectivity index (χ2n) is 4.92. The second kappa shape index (κ2) is 5.13. The molecule has 7 heteroatoms. The largest absolute Gasteiger partial charge is 0.490 e. The van der Waals surface area contributed by atoms with Gasteiger partial charge >= 0.3 is 11.8 Å². The smallest absolute Gasteiger partial charge is 0.410 e. The van der Waals surface area contributed by atoms with Crippen LogP contribution in [-0.2, 0) is 5.41 Å². The zero-order chi connectivity index (χ0) is 14.8. The minimum Gasteiger partial charge on any atom is -0.490 e. The summed E-state index contributed by atoms with van der Waals surface area (Å²) in [7, 11) is 1.33. The summed E-state index contributed by atoms with van der Waals surface area (Å²) in [6.07, 6.45) is -1.12. The molecular formula is C12H16N2O5. The van der Waals surface area contributed by atoms with E-state index in [2.05, 4.69) is 4.74 Å². The highest BCUT2D eigenvalue weighted by molar-refractivity contribution is 5.72. The van der Waals surface area contributed by atoms with Crippen LogP contribution in [0.2, 0.25) is 0 Å². The number of rotatable bonds is 3. The van der Waals surface area contributed by atoms with Gasteiger partial charge in [0, 0.05) is 5.56 Å². The molecule has 0 atom stereocenters. The summed E-state index contributed by atoms with van der Waals surface area (Å²) >= 11 is 0. The molecule has 0 bridgehead atoms. The van der Waals surface area contributed by atoms with Crippen molar-refractivity contribution in [3.63, 3.8) is 0 Å². The van der Waals surface area contributed by atoms with Crippen LogP contribution >= 0.6 is 0 Å². The van der Waals surface area contributed by atoms with E-state index in [-0.39, 0.29) is 16.9 Å². The number of ether oxygens (including phenoxy) is 2. The first-order valence-corrected chi connectivity index (χ1v) is 5.51. The summed E-state index contributed by atoms with van der Waals surface area (Å²) in [5.74, 6) is -0.168. The van der Waals surface area contributed by atoms with E-state index in [0.717, 1.165) is 0 Å². The standard InChI is InChI=1S/C12H16N2O5/c1-12(2,3)7-5-6-8(19-11(13)15)9(14(16)17)10(7)18-4/h5-6H,1-4H3,(H2,13,15). The Labute approximate surface area is 110 Å². The van der Waals surface area contributed by atoms with Gasteiger partial charge < -0.3 is 15.2 Å². The van der Waals surface area contributed by atoms with Crippen molar-refractivity contribution < 1.29 is 19.2 Å². The average molecular weight is 268 g/mol. The zero-order valence-corrected chi connectivity index (χ0v) is 11.2. The fourth-order valence-corrected chi connectivity index (χ4v) is 1.71. The highest BCUT2D eigenvalue weighted by atomic mass is 16.6. The number of benzene rings is 1. The molecule has 0 radical (unpaired) electrons. The van der Waals surface area contributed by atoms with Gasteiger partial charge in [-0.25, -0.2) is 4.79 Å². The number of methoxy groups -OCH3 is 1. The zero-order valence-electron chi connectivity index (χ0n) is 11.2. The summed E-state index contributed by atoms with van der Waals surface area (Å²) in [4.78, 5) is 21.3. The molecule has 0 aliphatic rings. The second-order valence-corrected chi connectivity index (χ2v) is 4.92. The number of nitro benzene ring substituents is 1. The van der Waals surface area contributed by atoms with Crippen LogP contribution < -0.4 is 15.2 Å². The van der Waals surface area contributed by atoms with E-state index in [1.54, 1.807) is 6.07 Å². The maximum absolute atomic E-state index is 11.2. The van der Waals surface area contributed by atoms with Gasteiger partial charge in [0.2, 0.25) is 11.5 Å². The van der Waals surface area contributed by atoms with Gasteiger partial charge in [-0.2, -0.15) is 0 Å². The lowest BCUT2D eigenvalue weighted by molar-refractivity contribution is -0.386. The van der Waals surface area contributed by atoms with Crippen LogP contribution in [0.15, 0.2) is 12.1 Å². The number of amides is 1. The first kappa shape index (κ1) is 14.7. The van der Waals surface area contributed by atoms with Crippen LogP contribution in [0.4, 0.5) is 10.5 Å². The lowest BCUT2D eigenvalue weighted by Crippen LogP contribution is -2.18. The minimum absolute atomic E-state index is 0.0660. The van der Waals surface area contributed by atoms with E-state index in [4.69, 9.17) is 10.5 Å². The number of nitrogens with zero attached hydrogens (tertiary/aromatic N) is 1. The number of hydrogen-bond acceptors (Lipinski definition) is 5. The fourth-order valence-electron chi connectivity index (χ4n) is 1.71. The van der Waals surface area contributed by atoms with Gasteiger partial charge in [-0.05, 0) is 11.5 Å². The molecule has 104 valence electrons. The first-order valence-electron chi connectivity index (χ1n) is 5.51. The van der Waals surface area contributed by atoms with E-state index in [1.807, 2.05) is 20.8 Å². The third kappa shape index (κ3) is 3.12. The number of carbonyl (C=O) groups is 1. The van der Waals surface area contributed by atoms with Crippen LogP contribution in [0.5, 0.6) is 11.5 Å². The Kier molecular flexibility index (Phi) is 3.98. The SMILES string of the molecule is COc1c(C(C)(C)C)ccc(OC(N)=O)c1[N+](=O)[O-]. The van der Waals surface area contributed by atoms with Gasteiger partial charge in [0.15, 0.2) is 0 Å². The van der Waals surface area contributed by atoms with E-state index in [9.17, 15) is 14.9 Å². The van der Waals surface area contributed by atoms with Crippen LogP contribution in [0.25, 0.3) is 0 Å². The molecule has 0 unspecified atom stereocenters. The maximum Gasteiger partial charge on any atom is 0.410 e. The predicted molar refractivity (Wildman–Crippen MR) is 68.6 cm³/mol. The minimum atomic E-state index is -1.12. The molecule has 19 heavy (non-hydrogen) atoms. The molecule has 1 aromatic carbocycles. The Hall–Kier alpha value is -2.31. The Morgan fingerprint density at radius 2 is 1.95 bits per heavy atom. The van der Waals surface area contributed by atoms with Crippen molar-refractivity contribution >= 4 is 11.8 Å². The van der Waals surface area contributed by atoms with Gasteiger partial charge in [-0.3, -0.25) is 10.1 Å². The van der Waals surface area contributed by atoms with Crippen LogP contribution in [0.1, 0.15) is 26.3 Å². The molecule has 2 N–H and O–H groups in total. The first-order chi connectivity index (χ1) is 8.68. The van der Waals surface area contributed by atoms with E-state index in [0.29, 0.717) is 5.56 Å². The van der Waals surface area contributed by atoms with Crippen molar-refractivity contribution in [2.75, 3.05) is 7.11 Å². The monoisotopic (exact) mass is 268 g/mol. The molecule has 0 aromatic heterocycles. The van der Waals surface area contributed by atoms with E-state index in [1.165, 1.54) is 13.2 Å². The van der Waals surface area contributed by atoms with Gasteiger partial charge in [0.05, 0.1) is 12.0 Å². The summed E-state index contributed by atoms with van der Waals surface area (Å²) in [5, 5.41) is 11.2. The predicted octanol–water partition coefficient (Wildman–Crippen LogP) is 2.36. The molecule has 0 spiro atoms. The summed E-state index contributed by atoms with van der Waals surface area (Å²) in [5.41, 5.74) is 4.75. The van der Waals surface area contributed by atoms with Crippen molar-refractivity contribution in [1.82, 2.24) is 0 Å². The number of primary amides is 1.